The Morgan fingerprint density at radius 3 is 2.62 bits per heavy atom. The summed E-state index contributed by atoms with van der Waals surface area (Å²) in [7, 11) is 2.47. The van der Waals surface area contributed by atoms with Gasteiger partial charge in [0, 0.05) is 18.4 Å². The highest BCUT2D eigenvalue weighted by atomic mass is 15.4. The topological polar surface area (TPSA) is 0 Å². The molecule has 1 nitrogen and oxygen atoms in total. The standard InChI is InChI=1S/C20H24N/c1-3-12-21(2)13-11-15-8-6-10-18-17-9-5-4-7-16(17)14-19(21)20(15)18/h4-10,19H,3,11-14H2,1-2H3/q+1. The lowest BCUT2D eigenvalue weighted by Gasteiger charge is -2.48. The van der Waals surface area contributed by atoms with Crippen LogP contribution in [-0.4, -0.2) is 24.6 Å². The van der Waals surface area contributed by atoms with Crippen molar-refractivity contribution in [3.8, 4) is 11.1 Å². The van der Waals surface area contributed by atoms with Crippen LogP contribution >= 0.6 is 0 Å². The zero-order valence-corrected chi connectivity index (χ0v) is 13.1. The molecule has 108 valence electrons. The fraction of sp³-hybridized carbons (Fsp3) is 0.400. The quantitative estimate of drug-likeness (QED) is 0.716. The minimum absolute atomic E-state index is 0.653. The third-order valence-electron chi connectivity index (χ3n) is 5.63. The summed E-state index contributed by atoms with van der Waals surface area (Å²) >= 11 is 0. The molecule has 0 N–H and O–H groups in total. The number of likely N-dealkylation sites (N-methyl/N-ethyl adjacent to an activating group) is 1. The third-order valence-corrected chi connectivity index (χ3v) is 5.63. The van der Waals surface area contributed by atoms with Crippen molar-refractivity contribution in [3.63, 3.8) is 0 Å². The summed E-state index contributed by atoms with van der Waals surface area (Å²) in [6.45, 7) is 4.90. The highest BCUT2D eigenvalue weighted by Crippen LogP contribution is 2.47. The molecule has 0 amide bonds. The van der Waals surface area contributed by atoms with E-state index in [4.69, 9.17) is 0 Å². The average molecular weight is 278 g/mol. The predicted octanol–water partition coefficient (Wildman–Crippen LogP) is 4.36. The van der Waals surface area contributed by atoms with Gasteiger partial charge in [0.1, 0.15) is 6.04 Å². The smallest absolute Gasteiger partial charge is 0.119 e. The van der Waals surface area contributed by atoms with E-state index < -0.39 is 0 Å². The number of benzene rings is 2. The molecule has 0 radical (unpaired) electrons. The summed E-state index contributed by atoms with van der Waals surface area (Å²) in [5, 5.41) is 0. The van der Waals surface area contributed by atoms with Crippen LogP contribution in [0.2, 0.25) is 0 Å². The maximum Gasteiger partial charge on any atom is 0.119 e. The fourth-order valence-electron chi connectivity index (χ4n) is 4.57. The van der Waals surface area contributed by atoms with Crippen LogP contribution in [0.25, 0.3) is 11.1 Å². The summed E-state index contributed by atoms with van der Waals surface area (Å²) in [6, 6.07) is 16.6. The second-order valence-electron chi connectivity index (χ2n) is 6.93. The molecule has 0 spiro atoms. The van der Waals surface area contributed by atoms with E-state index >= 15 is 0 Å². The Morgan fingerprint density at radius 2 is 1.76 bits per heavy atom. The van der Waals surface area contributed by atoms with Crippen LogP contribution in [0.5, 0.6) is 0 Å². The normalized spacial score (nSPS) is 26.1. The minimum atomic E-state index is 0.653. The number of hydrogen-bond donors (Lipinski definition) is 0. The molecule has 21 heavy (non-hydrogen) atoms. The lowest BCUT2D eigenvalue weighted by molar-refractivity contribution is -0.941. The second kappa shape index (κ2) is 4.71. The van der Waals surface area contributed by atoms with Crippen LogP contribution in [0.15, 0.2) is 42.5 Å². The summed E-state index contributed by atoms with van der Waals surface area (Å²) in [5.74, 6) is 0. The SMILES string of the molecule is CCC[N+]1(C)CCc2cccc3c2C1Cc1ccccc1-3. The molecule has 1 heteroatoms. The Hall–Kier alpha value is -1.60. The zero-order chi connectivity index (χ0) is 14.4. The molecule has 0 aromatic heterocycles. The van der Waals surface area contributed by atoms with Gasteiger partial charge in [0.15, 0.2) is 0 Å². The van der Waals surface area contributed by atoms with E-state index in [1.165, 1.54) is 53.5 Å². The van der Waals surface area contributed by atoms with Crippen molar-refractivity contribution >= 4 is 0 Å². The molecule has 4 rings (SSSR count). The Kier molecular flexibility index (Phi) is 2.93. The maximum atomic E-state index is 2.47. The number of fused-ring (bicyclic) bond motifs is 2. The van der Waals surface area contributed by atoms with E-state index in [-0.39, 0.29) is 0 Å². The molecule has 2 aliphatic rings. The molecule has 2 unspecified atom stereocenters. The first-order valence-electron chi connectivity index (χ1n) is 8.27. The van der Waals surface area contributed by atoms with Gasteiger partial charge in [-0.25, -0.2) is 0 Å². The van der Waals surface area contributed by atoms with Gasteiger partial charge in [-0.1, -0.05) is 49.4 Å². The van der Waals surface area contributed by atoms with Crippen molar-refractivity contribution in [3.05, 3.63) is 59.2 Å². The Morgan fingerprint density at radius 1 is 1.00 bits per heavy atom. The predicted molar refractivity (Wildman–Crippen MR) is 88.2 cm³/mol. The summed E-state index contributed by atoms with van der Waals surface area (Å²) in [6.07, 6.45) is 3.71. The van der Waals surface area contributed by atoms with E-state index in [1.54, 1.807) is 11.1 Å². The molecule has 1 aliphatic heterocycles. The first-order valence-corrected chi connectivity index (χ1v) is 8.27. The molecule has 0 bridgehead atoms. The Labute approximate surface area is 127 Å². The van der Waals surface area contributed by atoms with Gasteiger partial charge in [0.2, 0.25) is 0 Å². The Balaban J connectivity index is 1.94. The van der Waals surface area contributed by atoms with Crippen LogP contribution in [0.4, 0.5) is 0 Å². The molecule has 1 aliphatic carbocycles. The third kappa shape index (κ3) is 1.87. The van der Waals surface area contributed by atoms with E-state index in [0.717, 1.165) is 0 Å². The summed E-state index contributed by atoms with van der Waals surface area (Å²) in [4.78, 5) is 0. The van der Waals surface area contributed by atoms with E-state index in [0.29, 0.717) is 6.04 Å². The lowest BCUT2D eigenvalue weighted by atomic mass is 9.76. The van der Waals surface area contributed by atoms with Gasteiger partial charge >= 0.3 is 0 Å². The van der Waals surface area contributed by atoms with Gasteiger partial charge in [-0.3, -0.25) is 0 Å². The van der Waals surface area contributed by atoms with Crippen LogP contribution < -0.4 is 0 Å². The van der Waals surface area contributed by atoms with Gasteiger partial charge in [0.05, 0.1) is 20.1 Å². The number of hydrogen-bond acceptors (Lipinski definition) is 0. The van der Waals surface area contributed by atoms with Gasteiger partial charge in [-0.15, -0.1) is 0 Å². The summed E-state index contributed by atoms with van der Waals surface area (Å²) < 4.78 is 1.22. The van der Waals surface area contributed by atoms with Gasteiger partial charge in [0.25, 0.3) is 0 Å². The van der Waals surface area contributed by atoms with E-state index in [9.17, 15) is 0 Å². The van der Waals surface area contributed by atoms with Gasteiger partial charge in [-0.05, 0) is 28.7 Å². The van der Waals surface area contributed by atoms with Crippen molar-refractivity contribution in [2.45, 2.75) is 32.2 Å². The molecule has 2 atom stereocenters. The second-order valence-corrected chi connectivity index (χ2v) is 6.93. The molecule has 2 aromatic carbocycles. The van der Waals surface area contributed by atoms with Crippen LogP contribution in [0, 0.1) is 0 Å². The van der Waals surface area contributed by atoms with Gasteiger partial charge < -0.3 is 4.48 Å². The van der Waals surface area contributed by atoms with Gasteiger partial charge in [-0.2, -0.15) is 0 Å². The molecule has 0 saturated carbocycles. The molecule has 1 heterocycles. The number of rotatable bonds is 2. The van der Waals surface area contributed by atoms with E-state index in [1.807, 2.05) is 0 Å². The zero-order valence-electron chi connectivity index (χ0n) is 13.1. The maximum absolute atomic E-state index is 2.47. The monoisotopic (exact) mass is 278 g/mol. The molecular weight excluding hydrogens is 254 g/mol. The molecule has 0 fully saturated rings. The minimum Gasteiger partial charge on any atom is -0.319 e. The van der Waals surface area contributed by atoms with Crippen molar-refractivity contribution in [2.24, 2.45) is 0 Å². The lowest BCUT2D eigenvalue weighted by Crippen LogP contribution is -2.53. The first-order chi connectivity index (χ1) is 10.2. The van der Waals surface area contributed by atoms with Crippen molar-refractivity contribution < 1.29 is 4.48 Å². The molecule has 2 aromatic rings. The largest absolute Gasteiger partial charge is 0.319 e. The van der Waals surface area contributed by atoms with E-state index in [2.05, 4.69) is 56.4 Å². The first kappa shape index (κ1) is 13.1. The molecule has 0 saturated heterocycles. The molecular formula is C20H24N+. The highest BCUT2D eigenvalue weighted by molar-refractivity contribution is 5.75. The number of nitrogens with zero attached hydrogens (tertiary/aromatic N) is 1. The van der Waals surface area contributed by atoms with Crippen molar-refractivity contribution in [1.82, 2.24) is 0 Å². The van der Waals surface area contributed by atoms with Crippen LogP contribution in [-0.2, 0) is 12.8 Å². The van der Waals surface area contributed by atoms with Crippen molar-refractivity contribution in [1.29, 1.82) is 0 Å². The Bertz CT molecular complexity index is 688. The average Bonchev–Trinajstić information content (AvgIpc) is 2.51. The number of quaternary nitrogens is 1. The summed E-state index contributed by atoms with van der Waals surface area (Å²) in [5.41, 5.74) is 7.75. The highest BCUT2D eigenvalue weighted by Gasteiger charge is 2.42. The van der Waals surface area contributed by atoms with Crippen LogP contribution in [0.1, 0.15) is 36.1 Å². The van der Waals surface area contributed by atoms with Crippen molar-refractivity contribution in [2.75, 3.05) is 20.1 Å². The van der Waals surface area contributed by atoms with Crippen LogP contribution in [0.3, 0.4) is 0 Å². The fourth-order valence-corrected chi connectivity index (χ4v) is 4.57.